The first-order valence-corrected chi connectivity index (χ1v) is 8.37. The van der Waals surface area contributed by atoms with Gasteiger partial charge in [-0.2, -0.15) is 0 Å². The lowest BCUT2D eigenvalue weighted by Gasteiger charge is -2.37. The van der Waals surface area contributed by atoms with Crippen LogP contribution in [0.5, 0.6) is 0 Å². The third-order valence-corrected chi connectivity index (χ3v) is 5.99. The molecule has 0 radical (unpaired) electrons. The summed E-state index contributed by atoms with van der Waals surface area (Å²) in [6.07, 6.45) is 2.30. The first-order valence-electron chi connectivity index (χ1n) is 5.97. The van der Waals surface area contributed by atoms with Crippen LogP contribution in [0.15, 0.2) is 13.6 Å². The van der Waals surface area contributed by atoms with Gasteiger partial charge in [0.05, 0.1) is 19.5 Å². The number of carboxylic acids is 1. The monoisotopic (exact) mass is 420 g/mol. The minimum atomic E-state index is -0.768. The number of carbonyl (C=O) groups is 1. The van der Waals surface area contributed by atoms with E-state index in [9.17, 15) is 9.90 Å². The summed E-state index contributed by atoms with van der Waals surface area (Å²) in [5.41, 5.74) is 0.149. The molecule has 3 rings (SSSR count). The molecular formula is C11H10Br2N4O2S. The number of hydrogen-bond acceptors (Lipinski definition) is 5. The fourth-order valence-electron chi connectivity index (χ4n) is 2.33. The van der Waals surface area contributed by atoms with Crippen molar-refractivity contribution in [2.45, 2.75) is 25.8 Å². The second kappa shape index (κ2) is 5.19. The van der Waals surface area contributed by atoms with Crippen LogP contribution in [0.3, 0.4) is 0 Å². The standard InChI is InChI=1S/C11H10Br2N4O2S/c12-7-4-6(8(13)20-7)9-14-15-16-17(9)5-11(10(18)19)2-1-3-11/h4H,1-3,5H2,(H,18,19). The van der Waals surface area contributed by atoms with Gasteiger partial charge in [0, 0.05) is 5.56 Å². The zero-order valence-corrected chi connectivity index (χ0v) is 14.2. The molecule has 1 N–H and O–H groups in total. The molecule has 0 aromatic carbocycles. The molecule has 6 nitrogen and oxygen atoms in total. The minimum absolute atomic E-state index is 0.310. The topological polar surface area (TPSA) is 80.9 Å². The molecule has 106 valence electrons. The predicted octanol–water partition coefficient (Wildman–Crippen LogP) is 3.18. The number of halogens is 2. The van der Waals surface area contributed by atoms with Crippen LogP contribution in [-0.4, -0.2) is 31.3 Å². The summed E-state index contributed by atoms with van der Waals surface area (Å²) in [5.74, 6) is -0.179. The van der Waals surface area contributed by atoms with Crippen LogP contribution in [0.4, 0.5) is 0 Å². The van der Waals surface area contributed by atoms with Gasteiger partial charge in [0.1, 0.15) is 0 Å². The van der Waals surface area contributed by atoms with Crippen molar-refractivity contribution < 1.29 is 9.90 Å². The number of thiophene rings is 1. The van der Waals surface area contributed by atoms with Crippen molar-refractivity contribution >= 4 is 49.2 Å². The maximum Gasteiger partial charge on any atom is 0.311 e. The Balaban J connectivity index is 1.95. The number of aliphatic carboxylic acids is 1. The van der Waals surface area contributed by atoms with Gasteiger partial charge in [-0.15, -0.1) is 16.4 Å². The summed E-state index contributed by atoms with van der Waals surface area (Å²) >= 11 is 8.42. The van der Waals surface area contributed by atoms with E-state index in [1.165, 1.54) is 11.3 Å². The molecule has 20 heavy (non-hydrogen) atoms. The van der Waals surface area contributed by atoms with Gasteiger partial charge in [-0.3, -0.25) is 4.79 Å². The molecule has 0 aliphatic heterocycles. The lowest BCUT2D eigenvalue weighted by Crippen LogP contribution is -2.42. The van der Waals surface area contributed by atoms with E-state index in [2.05, 4.69) is 47.4 Å². The molecule has 9 heteroatoms. The van der Waals surface area contributed by atoms with E-state index >= 15 is 0 Å². The number of nitrogens with zero attached hydrogens (tertiary/aromatic N) is 4. The second-order valence-electron chi connectivity index (χ2n) is 4.84. The number of tetrazole rings is 1. The molecule has 0 unspecified atom stereocenters. The van der Waals surface area contributed by atoms with Gasteiger partial charge in [-0.25, -0.2) is 4.68 Å². The third kappa shape index (κ3) is 2.31. The Hall–Kier alpha value is -0.800. The first kappa shape index (κ1) is 14.2. The highest BCUT2D eigenvalue weighted by molar-refractivity contribution is 9.12. The molecule has 0 amide bonds. The molecule has 0 bridgehead atoms. The Bertz CT molecular complexity index is 665. The number of hydrogen-bond donors (Lipinski definition) is 1. The van der Waals surface area contributed by atoms with Crippen LogP contribution >= 0.6 is 43.2 Å². The average Bonchev–Trinajstić information content (AvgIpc) is 2.89. The smallest absolute Gasteiger partial charge is 0.311 e. The summed E-state index contributed by atoms with van der Waals surface area (Å²) in [7, 11) is 0. The van der Waals surface area contributed by atoms with Crippen LogP contribution in [-0.2, 0) is 11.3 Å². The van der Waals surface area contributed by atoms with E-state index in [4.69, 9.17) is 0 Å². The molecule has 0 spiro atoms. The Kier molecular flexibility index (Phi) is 3.67. The van der Waals surface area contributed by atoms with Gasteiger partial charge in [0.25, 0.3) is 0 Å². The van der Waals surface area contributed by atoms with Crippen LogP contribution in [0.2, 0.25) is 0 Å². The van der Waals surface area contributed by atoms with Crippen molar-refractivity contribution in [2.75, 3.05) is 0 Å². The lowest BCUT2D eigenvalue weighted by molar-refractivity contribution is -0.156. The highest BCUT2D eigenvalue weighted by Gasteiger charge is 2.45. The molecule has 1 aliphatic rings. The fraction of sp³-hybridized carbons (Fsp3) is 0.455. The summed E-state index contributed by atoms with van der Waals surface area (Å²) in [5, 5.41) is 21.1. The van der Waals surface area contributed by atoms with E-state index < -0.39 is 11.4 Å². The Morgan fingerprint density at radius 2 is 2.25 bits per heavy atom. The van der Waals surface area contributed by atoms with Gasteiger partial charge in [-0.05, 0) is 61.2 Å². The highest BCUT2D eigenvalue weighted by Crippen LogP contribution is 2.44. The van der Waals surface area contributed by atoms with Gasteiger partial charge in [0.2, 0.25) is 0 Å². The number of carboxylic acid groups (broad SMARTS) is 1. The summed E-state index contributed by atoms with van der Waals surface area (Å²) in [6, 6.07) is 1.92. The second-order valence-corrected chi connectivity index (χ2v) is 8.59. The fourth-order valence-corrected chi connectivity index (χ4v) is 5.12. The molecule has 1 saturated carbocycles. The molecule has 2 aromatic rings. The van der Waals surface area contributed by atoms with Crippen LogP contribution in [0, 0.1) is 5.41 Å². The zero-order chi connectivity index (χ0) is 14.3. The largest absolute Gasteiger partial charge is 0.481 e. The van der Waals surface area contributed by atoms with Crippen molar-refractivity contribution in [1.82, 2.24) is 20.2 Å². The van der Waals surface area contributed by atoms with Crippen LogP contribution in [0.1, 0.15) is 19.3 Å². The van der Waals surface area contributed by atoms with Crippen molar-refractivity contribution in [3.63, 3.8) is 0 Å². The van der Waals surface area contributed by atoms with Crippen LogP contribution in [0.25, 0.3) is 11.4 Å². The van der Waals surface area contributed by atoms with E-state index in [0.717, 1.165) is 19.6 Å². The van der Waals surface area contributed by atoms with E-state index in [-0.39, 0.29) is 0 Å². The first-order chi connectivity index (χ1) is 9.52. The predicted molar refractivity (Wildman–Crippen MR) is 80.4 cm³/mol. The molecule has 1 fully saturated rings. The van der Waals surface area contributed by atoms with Crippen molar-refractivity contribution in [2.24, 2.45) is 5.41 Å². The molecule has 2 aromatic heterocycles. The molecule has 0 saturated heterocycles. The summed E-state index contributed by atoms with van der Waals surface area (Å²) < 4.78 is 3.47. The van der Waals surface area contributed by atoms with Crippen molar-refractivity contribution in [3.05, 3.63) is 13.6 Å². The Morgan fingerprint density at radius 3 is 2.75 bits per heavy atom. The zero-order valence-electron chi connectivity index (χ0n) is 10.2. The molecule has 1 aliphatic carbocycles. The Morgan fingerprint density at radius 1 is 1.50 bits per heavy atom. The third-order valence-electron chi connectivity index (χ3n) is 3.65. The maximum absolute atomic E-state index is 11.5. The van der Waals surface area contributed by atoms with Crippen LogP contribution < -0.4 is 0 Å². The van der Waals surface area contributed by atoms with E-state index in [1.807, 2.05) is 6.07 Å². The van der Waals surface area contributed by atoms with Gasteiger partial charge in [-0.1, -0.05) is 6.42 Å². The highest BCUT2D eigenvalue weighted by atomic mass is 79.9. The number of rotatable bonds is 4. The summed E-state index contributed by atoms with van der Waals surface area (Å²) in [4.78, 5) is 11.5. The van der Waals surface area contributed by atoms with Crippen molar-refractivity contribution in [3.8, 4) is 11.4 Å². The molecule has 2 heterocycles. The van der Waals surface area contributed by atoms with Gasteiger partial charge >= 0.3 is 5.97 Å². The quantitative estimate of drug-likeness (QED) is 0.819. The van der Waals surface area contributed by atoms with Gasteiger partial charge < -0.3 is 5.11 Å². The normalized spacial score (nSPS) is 16.9. The van der Waals surface area contributed by atoms with Gasteiger partial charge in [0.15, 0.2) is 5.82 Å². The number of aromatic nitrogens is 4. The van der Waals surface area contributed by atoms with E-state index in [1.54, 1.807) is 4.68 Å². The summed E-state index contributed by atoms with van der Waals surface area (Å²) in [6.45, 7) is 0.310. The lowest BCUT2D eigenvalue weighted by atomic mass is 9.69. The SMILES string of the molecule is O=C(O)C1(Cn2nnnc2-c2cc(Br)sc2Br)CCC1. The minimum Gasteiger partial charge on any atom is -0.481 e. The molecule has 0 atom stereocenters. The van der Waals surface area contributed by atoms with Crippen molar-refractivity contribution in [1.29, 1.82) is 0 Å². The van der Waals surface area contributed by atoms with E-state index in [0.29, 0.717) is 25.2 Å². The average molecular weight is 422 g/mol. The Labute approximate surface area is 135 Å². The molecular weight excluding hydrogens is 412 g/mol. The maximum atomic E-state index is 11.5.